The molecule has 1 aromatic carbocycles. The van der Waals surface area contributed by atoms with Crippen molar-refractivity contribution in [2.24, 2.45) is 0 Å². The van der Waals surface area contributed by atoms with Crippen LogP contribution in [-0.4, -0.2) is 19.8 Å². The Balaban J connectivity index is 2.14. The van der Waals surface area contributed by atoms with E-state index in [1.165, 1.54) is 12.0 Å². The molecule has 2 heteroatoms. The highest BCUT2D eigenvalue weighted by Gasteiger charge is 2.00. The lowest BCUT2D eigenvalue weighted by Gasteiger charge is -2.13. The number of hydrogen-bond acceptors (Lipinski definition) is 2. The molecule has 15 heavy (non-hydrogen) atoms. The molecule has 0 saturated heterocycles. The minimum atomic E-state index is 0.556. The molecule has 0 bridgehead atoms. The van der Waals surface area contributed by atoms with Gasteiger partial charge in [-0.25, -0.2) is 0 Å². The molecule has 0 radical (unpaired) electrons. The van der Waals surface area contributed by atoms with Crippen LogP contribution in [0, 0.1) is 0 Å². The van der Waals surface area contributed by atoms with E-state index in [0.717, 1.165) is 19.6 Å². The highest BCUT2D eigenvalue weighted by Crippen LogP contribution is 2.01. The summed E-state index contributed by atoms with van der Waals surface area (Å²) >= 11 is 0. The van der Waals surface area contributed by atoms with E-state index in [4.69, 9.17) is 4.74 Å². The molecule has 84 valence electrons. The van der Waals surface area contributed by atoms with Crippen LogP contribution in [0.1, 0.15) is 25.3 Å². The summed E-state index contributed by atoms with van der Waals surface area (Å²) in [6.45, 7) is 4.03. The fourth-order valence-corrected chi connectivity index (χ4v) is 1.52. The number of methoxy groups -OCH3 is 1. The molecular formula is C13H21NO. The van der Waals surface area contributed by atoms with E-state index in [9.17, 15) is 0 Å². The van der Waals surface area contributed by atoms with Crippen LogP contribution in [0.4, 0.5) is 0 Å². The maximum atomic E-state index is 5.03. The van der Waals surface area contributed by atoms with Crippen LogP contribution in [0.15, 0.2) is 30.3 Å². The summed E-state index contributed by atoms with van der Waals surface area (Å²) in [4.78, 5) is 0. The summed E-state index contributed by atoms with van der Waals surface area (Å²) in [5, 5.41) is 3.50. The van der Waals surface area contributed by atoms with Crippen molar-refractivity contribution in [3.8, 4) is 0 Å². The average molecular weight is 207 g/mol. The van der Waals surface area contributed by atoms with Crippen molar-refractivity contribution in [1.82, 2.24) is 5.32 Å². The van der Waals surface area contributed by atoms with E-state index in [2.05, 4.69) is 36.5 Å². The first kappa shape index (κ1) is 12.2. The molecule has 0 aliphatic rings. The third-order valence-electron chi connectivity index (χ3n) is 2.48. The summed E-state index contributed by atoms with van der Waals surface area (Å²) in [6, 6.07) is 11.1. The van der Waals surface area contributed by atoms with Crippen LogP contribution >= 0.6 is 0 Å². The minimum absolute atomic E-state index is 0.556. The Morgan fingerprint density at radius 3 is 2.67 bits per heavy atom. The van der Waals surface area contributed by atoms with Crippen LogP contribution in [0.5, 0.6) is 0 Å². The molecule has 0 amide bonds. The molecule has 1 N–H and O–H groups in total. The van der Waals surface area contributed by atoms with Crippen LogP contribution in [0.3, 0.4) is 0 Å². The highest BCUT2D eigenvalue weighted by atomic mass is 16.5. The normalized spacial score (nSPS) is 12.7. The molecule has 1 unspecified atom stereocenters. The zero-order valence-electron chi connectivity index (χ0n) is 9.70. The summed E-state index contributed by atoms with van der Waals surface area (Å²) in [5.74, 6) is 0. The van der Waals surface area contributed by atoms with Gasteiger partial charge in [0.15, 0.2) is 0 Å². The second-order valence-corrected chi connectivity index (χ2v) is 3.90. The first-order chi connectivity index (χ1) is 7.33. The van der Waals surface area contributed by atoms with Crippen molar-refractivity contribution >= 4 is 0 Å². The van der Waals surface area contributed by atoms with E-state index in [1.54, 1.807) is 7.11 Å². The summed E-state index contributed by atoms with van der Waals surface area (Å²) in [5.41, 5.74) is 1.34. The third-order valence-corrected chi connectivity index (χ3v) is 2.48. The van der Waals surface area contributed by atoms with E-state index < -0.39 is 0 Å². The predicted octanol–water partition coefficient (Wildman–Crippen LogP) is 2.59. The van der Waals surface area contributed by atoms with Crippen molar-refractivity contribution in [3.63, 3.8) is 0 Å². The quantitative estimate of drug-likeness (QED) is 0.694. The number of nitrogens with one attached hydrogen (secondary N) is 1. The van der Waals surface area contributed by atoms with Gasteiger partial charge in [-0.05, 0) is 25.3 Å². The second kappa shape index (κ2) is 7.43. The van der Waals surface area contributed by atoms with Crippen LogP contribution in [0.25, 0.3) is 0 Å². The second-order valence-electron chi connectivity index (χ2n) is 3.90. The SMILES string of the molecule is COCCCC(C)NCc1ccccc1. The molecule has 0 aromatic heterocycles. The van der Waals surface area contributed by atoms with Crippen molar-refractivity contribution < 1.29 is 4.74 Å². The van der Waals surface area contributed by atoms with Gasteiger partial charge in [0, 0.05) is 26.3 Å². The lowest BCUT2D eigenvalue weighted by atomic mass is 10.1. The number of benzene rings is 1. The van der Waals surface area contributed by atoms with Gasteiger partial charge in [0.25, 0.3) is 0 Å². The Bertz CT molecular complexity index is 248. The fraction of sp³-hybridized carbons (Fsp3) is 0.538. The average Bonchev–Trinajstić information content (AvgIpc) is 2.28. The Kier molecular flexibility index (Phi) is 6.05. The standard InChI is InChI=1S/C13H21NO/c1-12(7-6-10-15-2)14-11-13-8-4-3-5-9-13/h3-5,8-9,12,14H,6-7,10-11H2,1-2H3. The van der Waals surface area contributed by atoms with Crippen molar-refractivity contribution in [1.29, 1.82) is 0 Å². The Morgan fingerprint density at radius 1 is 1.27 bits per heavy atom. The lowest BCUT2D eigenvalue weighted by molar-refractivity contribution is 0.189. The zero-order chi connectivity index (χ0) is 10.9. The van der Waals surface area contributed by atoms with Gasteiger partial charge in [-0.3, -0.25) is 0 Å². The molecule has 1 aromatic rings. The first-order valence-electron chi connectivity index (χ1n) is 5.59. The van der Waals surface area contributed by atoms with Gasteiger partial charge in [-0.2, -0.15) is 0 Å². The van der Waals surface area contributed by atoms with E-state index >= 15 is 0 Å². The monoisotopic (exact) mass is 207 g/mol. The fourth-order valence-electron chi connectivity index (χ4n) is 1.52. The van der Waals surface area contributed by atoms with Crippen LogP contribution in [0.2, 0.25) is 0 Å². The molecular weight excluding hydrogens is 186 g/mol. The van der Waals surface area contributed by atoms with Gasteiger partial charge in [-0.15, -0.1) is 0 Å². The Labute approximate surface area is 92.6 Å². The highest BCUT2D eigenvalue weighted by molar-refractivity contribution is 5.14. The molecule has 0 aliphatic heterocycles. The van der Waals surface area contributed by atoms with Gasteiger partial charge < -0.3 is 10.1 Å². The molecule has 0 aliphatic carbocycles. The summed E-state index contributed by atoms with van der Waals surface area (Å²) in [7, 11) is 1.75. The lowest BCUT2D eigenvalue weighted by Crippen LogP contribution is -2.25. The summed E-state index contributed by atoms with van der Waals surface area (Å²) < 4.78 is 5.03. The number of rotatable bonds is 7. The molecule has 0 spiro atoms. The number of hydrogen-bond donors (Lipinski definition) is 1. The van der Waals surface area contributed by atoms with Crippen molar-refractivity contribution in [2.75, 3.05) is 13.7 Å². The van der Waals surface area contributed by atoms with Crippen molar-refractivity contribution in [2.45, 2.75) is 32.4 Å². The zero-order valence-corrected chi connectivity index (χ0v) is 9.70. The van der Waals surface area contributed by atoms with Gasteiger partial charge in [0.05, 0.1) is 0 Å². The maximum absolute atomic E-state index is 5.03. The van der Waals surface area contributed by atoms with Gasteiger partial charge in [0.2, 0.25) is 0 Å². The Hall–Kier alpha value is -0.860. The first-order valence-corrected chi connectivity index (χ1v) is 5.59. The van der Waals surface area contributed by atoms with E-state index in [0.29, 0.717) is 6.04 Å². The molecule has 0 heterocycles. The largest absolute Gasteiger partial charge is 0.385 e. The molecule has 0 saturated carbocycles. The maximum Gasteiger partial charge on any atom is 0.0462 e. The van der Waals surface area contributed by atoms with E-state index in [-0.39, 0.29) is 0 Å². The van der Waals surface area contributed by atoms with Gasteiger partial charge in [-0.1, -0.05) is 30.3 Å². The minimum Gasteiger partial charge on any atom is -0.385 e. The molecule has 1 atom stereocenters. The topological polar surface area (TPSA) is 21.3 Å². The smallest absolute Gasteiger partial charge is 0.0462 e. The predicted molar refractivity (Wildman–Crippen MR) is 63.9 cm³/mol. The van der Waals surface area contributed by atoms with Crippen molar-refractivity contribution in [3.05, 3.63) is 35.9 Å². The van der Waals surface area contributed by atoms with Gasteiger partial charge in [0.1, 0.15) is 0 Å². The van der Waals surface area contributed by atoms with Gasteiger partial charge >= 0.3 is 0 Å². The Morgan fingerprint density at radius 2 is 2.00 bits per heavy atom. The summed E-state index contributed by atoms with van der Waals surface area (Å²) in [6.07, 6.45) is 2.29. The molecule has 2 nitrogen and oxygen atoms in total. The molecule has 1 rings (SSSR count). The third kappa shape index (κ3) is 5.55. The number of ether oxygens (including phenoxy) is 1. The van der Waals surface area contributed by atoms with Crippen LogP contribution in [-0.2, 0) is 11.3 Å². The molecule has 0 fully saturated rings. The van der Waals surface area contributed by atoms with E-state index in [1.807, 2.05) is 6.07 Å². The van der Waals surface area contributed by atoms with Crippen LogP contribution < -0.4 is 5.32 Å².